The van der Waals surface area contributed by atoms with Crippen molar-refractivity contribution >= 4 is 5.91 Å². The van der Waals surface area contributed by atoms with E-state index >= 15 is 0 Å². The third-order valence-corrected chi connectivity index (χ3v) is 6.91. The van der Waals surface area contributed by atoms with Gasteiger partial charge in [0.1, 0.15) is 11.5 Å². The summed E-state index contributed by atoms with van der Waals surface area (Å²) >= 11 is 0. The molecule has 1 fully saturated rings. The maximum absolute atomic E-state index is 12.6. The number of hydrogen-bond acceptors (Lipinski definition) is 6. The molecule has 1 N–H and O–H groups in total. The lowest BCUT2D eigenvalue weighted by Gasteiger charge is -2.31. The van der Waals surface area contributed by atoms with Crippen LogP contribution in [0.5, 0.6) is 23.0 Å². The molecule has 2 aliphatic rings. The van der Waals surface area contributed by atoms with Crippen molar-refractivity contribution < 1.29 is 23.7 Å². The molecule has 0 spiro atoms. The standard InChI is InChI=1S/C30H34N2O5/c1-21-4-3-13-32(17-21)18-25-14-23(24-8-12-28-29(15-24)37-20-36-28)7-11-27(25)35-19-30(33)31-16-22-5-9-26(34-2)10-6-22/h5-12,14-15,21H,3-4,13,16-20H2,1-2H3,(H,31,33)/t21-/m0/s1. The Balaban J connectivity index is 1.28. The van der Waals surface area contributed by atoms with E-state index in [2.05, 4.69) is 23.2 Å². The molecule has 7 nitrogen and oxygen atoms in total. The van der Waals surface area contributed by atoms with E-state index in [9.17, 15) is 4.79 Å². The van der Waals surface area contributed by atoms with Gasteiger partial charge in [0.15, 0.2) is 18.1 Å². The number of nitrogens with zero attached hydrogens (tertiary/aromatic N) is 1. The smallest absolute Gasteiger partial charge is 0.258 e. The number of piperidine rings is 1. The van der Waals surface area contributed by atoms with Crippen LogP contribution in [-0.2, 0) is 17.9 Å². The highest BCUT2D eigenvalue weighted by Crippen LogP contribution is 2.37. The van der Waals surface area contributed by atoms with E-state index < -0.39 is 0 Å². The van der Waals surface area contributed by atoms with Crippen molar-refractivity contribution in [3.8, 4) is 34.1 Å². The maximum atomic E-state index is 12.6. The van der Waals surface area contributed by atoms with Crippen LogP contribution in [0.1, 0.15) is 30.9 Å². The highest BCUT2D eigenvalue weighted by Gasteiger charge is 2.20. The Kier molecular flexibility index (Phi) is 7.80. The first kappa shape index (κ1) is 25.0. The molecule has 0 saturated carbocycles. The number of carbonyl (C=O) groups excluding carboxylic acids is 1. The highest BCUT2D eigenvalue weighted by atomic mass is 16.7. The summed E-state index contributed by atoms with van der Waals surface area (Å²) in [4.78, 5) is 15.0. The van der Waals surface area contributed by atoms with E-state index in [-0.39, 0.29) is 19.3 Å². The molecular formula is C30H34N2O5. The fraction of sp³-hybridized carbons (Fsp3) is 0.367. The number of fused-ring (bicyclic) bond motifs is 1. The van der Waals surface area contributed by atoms with E-state index in [0.717, 1.165) is 64.9 Å². The van der Waals surface area contributed by atoms with E-state index in [4.69, 9.17) is 18.9 Å². The van der Waals surface area contributed by atoms with Crippen LogP contribution < -0.4 is 24.3 Å². The average molecular weight is 503 g/mol. The monoisotopic (exact) mass is 502 g/mol. The third kappa shape index (κ3) is 6.35. The molecule has 3 aromatic carbocycles. The van der Waals surface area contributed by atoms with E-state index in [1.54, 1.807) is 7.11 Å². The van der Waals surface area contributed by atoms with Gasteiger partial charge >= 0.3 is 0 Å². The van der Waals surface area contributed by atoms with Gasteiger partial charge in [-0.15, -0.1) is 0 Å². The molecule has 1 amide bonds. The Bertz CT molecular complexity index is 1230. The van der Waals surface area contributed by atoms with Crippen LogP contribution in [0.3, 0.4) is 0 Å². The number of methoxy groups -OCH3 is 1. The molecule has 0 bridgehead atoms. The second kappa shape index (κ2) is 11.6. The van der Waals surface area contributed by atoms with Gasteiger partial charge in [-0.25, -0.2) is 0 Å². The van der Waals surface area contributed by atoms with Crippen LogP contribution in [0.2, 0.25) is 0 Å². The van der Waals surface area contributed by atoms with Gasteiger partial charge < -0.3 is 24.3 Å². The molecule has 194 valence electrons. The second-order valence-corrected chi connectivity index (χ2v) is 9.79. The van der Waals surface area contributed by atoms with E-state index in [0.29, 0.717) is 12.5 Å². The molecule has 1 atom stereocenters. The van der Waals surface area contributed by atoms with Gasteiger partial charge in [0.2, 0.25) is 6.79 Å². The molecule has 0 aromatic heterocycles. The van der Waals surface area contributed by atoms with Gasteiger partial charge in [-0.3, -0.25) is 9.69 Å². The molecule has 0 unspecified atom stereocenters. The highest BCUT2D eigenvalue weighted by molar-refractivity contribution is 5.77. The first-order valence-electron chi connectivity index (χ1n) is 12.8. The van der Waals surface area contributed by atoms with Crippen molar-refractivity contribution in [3.05, 3.63) is 71.8 Å². The minimum Gasteiger partial charge on any atom is -0.497 e. The Hall–Kier alpha value is -3.71. The minimum atomic E-state index is -0.159. The first-order chi connectivity index (χ1) is 18.1. The predicted octanol–water partition coefficient (Wildman–Crippen LogP) is 5.02. The fourth-order valence-corrected chi connectivity index (χ4v) is 4.91. The molecule has 37 heavy (non-hydrogen) atoms. The third-order valence-electron chi connectivity index (χ3n) is 6.91. The van der Waals surface area contributed by atoms with Gasteiger partial charge in [-0.05, 0) is 78.4 Å². The lowest BCUT2D eigenvalue weighted by molar-refractivity contribution is -0.123. The van der Waals surface area contributed by atoms with Crippen LogP contribution in [-0.4, -0.2) is 44.4 Å². The second-order valence-electron chi connectivity index (χ2n) is 9.79. The normalized spacial score (nSPS) is 16.9. The number of hydrogen-bond donors (Lipinski definition) is 1. The Morgan fingerprint density at radius 3 is 2.62 bits per heavy atom. The summed E-state index contributed by atoms with van der Waals surface area (Å²) in [6.45, 7) is 5.88. The summed E-state index contributed by atoms with van der Waals surface area (Å²) in [5.74, 6) is 3.58. The summed E-state index contributed by atoms with van der Waals surface area (Å²) < 4.78 is 22.3. The first-order valence-corrected chi connectivity index (χ1v) is 12.8. The van der Waals surface area contributed by atoms with E-state index in [1.165, 1.54) is 12.8 Å². The molecule has 0 radical (unpaired) electrons. The topological polar surface area (TPSA) is 69.3 Å². The van der Waals surface area contributed by atoms with Crippen LogP contribution in [0.4, 0.5) is 0 Å². The van der Waals surface area contributed by atoms with Crippen LogP contribution >= 0.6 is 0 Å². The molecule has 1 saturated heterocycles. The largest absolute Gasteiger partial charge is 0.497 e. The fourth-order valence-electron chi connectivity index (χ4n) is 4.91. The zero-order valence-corrected chi connectivity index (χ0v) is 21.5. The van der Waals surface area contributed by atoms with Crippen molar-refractivity contribution in [1.82, 2.24) is 10.2 Å². The molecule has 2 heterocycles. The number of benzene rings is 3. The van der Waals surface area contributed by atoms with Crippen LogP contribution in [0, 0.1) is 5.92 Å². The summed E-state index contributed by atoms with van der Waals surface area (Å²) in [7, 11) is 1.63. The van der Waals surface area contributed by atoms with Crippen LogP contribution in [0.15, 0.2) is 60.7 Å². The minimum absolute atomic E-state index is 0.0388. The van der Waals surface area contributed by atoms with Gasteiger partial charge in [0, 0.05) is 25.2 Å². The van der Waals surface area contributed by atoms with E-state index in [1.807, 2.05) is 54.6 Å². The molecular weight excluding hydrogens is 468 g/mol. The summed E-state index contributed by atoms with van der Waals surface area (Å²) in [5.41, 5.74) is 4.21. The zero-order valence-electron chi connectivity index (χ0n) is 21.5. The number of carbonyl (C=O) groups is 1. The number of likely N-dealkylation sites (tertiary alicyclic amines) is 1. The predicted molar refractivity (Wildman–Crippen MR) is 142 cm³/mol. The molecule has 2 aliphatic heterocycles. The Morgan fingerprint density at radius 1 is 1.03 bits per heavy atom. The Labute approximate surface area is 218 Å². The lowest BCUT2D eigenvalue weighted by Crippen LogP contribution is -2.34. The zero-order chi connectivity index (χ0) is 25.6. The number of rotatable bonds is 9. The number of nitrogens with one attached hydrogen (secondary N) is 1. The van der Waals surface area contributed by atoms with Crippen molar-refractivity contribution in [2.45, 2.75) is 32.9 Å². The lowest BCUT2D eigenvalue weighted by atomic mass is 9.98. The molecule has 7 heteroatoms. The summed E-state index contributed by atoms with van der Waals surface area (Å²) in [5, 5.41) is 2.93. The van der Waals surface area contributed by atoms with Crippen molar-refractivity contribution in [1.29, 1.82) is 0 Å². The SMILES string of the molecule is COc1ccc(CNC(=O)COc2ccc(-c3ccc4c(c3)OCO4)cc2CN2CCC[C@H](C)C2)cc1. The van der Waals surface area contributed by atoms with Gasteiger partial charge in [-0.2, -0.15) is 0 Å². The molecule has 3 aromatic rings. The van der Waals surface area contributed by atoms with Crippen LogP contribution in [0.25, 0.3) is 11.1 Å². The van der Waals surface area contributed by atoms with Crippen molar-refractivity contribution in [2.24, 2.45) is 5.92 Å². The summed E-state index contributed by atoms with van der Waals surface area (Å²) in [6.07, 6.45) is 2.47. The molecule has 0 aliphatic carbocycles. The van der Waals surface area contributed by atoms with Crippen molar-refractivity contribution in [3.63, 3.8) is 0 Å². The number of ether oxygens (including phenoxy) is 4. The molecule has 5 rings (SSSR count). The maximum Gasteiger partial charge on any atom is 0.258 e. The average Bonchev–Trinajstić information content (AvgIpc) is 3.39. The number of amides is 1. The van der Waals surface area contributed by atoms with Crippen molar-refractivity contribution in [2.75, 3.05) is 33.6 Å². The summed E-state index contributed by atoms with van der Waals surface area (Å²) in [6, 6.07) is 19.8. The van der Waals surface area contributed by atoms with Gasteiger partial charge in [0.25, 0.3) is 5.91 Å². The van der Waals surface area contributed by atoms with Gasteiger partial charge in [0.05, 0.1) is 7.11 Å². The Morgan fingerprint density at radius 2 is 1.81 bits per heavy atom. The quantitative estimate of drug-likeness (QED) is 0.443. The van der Waals surface area contributed by atoms with Gasteiger partial charge in [-0.1, -0.05) is 31.2 Å².